The molecule has 0 radical (unpaired) electrons. The van der Waals surface area contributed by atoms with Crippen molar-refractivity contribution in [3.8, 4) is 0 Å². The van der Waals surface area contributed by atoms with Gasteiger partial charge in [0.15, 0.2) is 6.61 Å². The molecule has 1 amide bonds. The van der Waals surface area contributed by atoms with E-state index in [9.17, 15) is 9.59 Å². The maximum atomic E-state index is 12.4. The quantitative estimate of drug-likeness (QED) is 0.560. The third-order valence-corrected chi connectivity index (χ3v) is 7.22. The molecule has 0 saturated heterocycles. The number of esters is 1. The summed E-state index contributed by atoms with van der Waals surface area (Å²) in [5.74, 6) is 0.968. The van der Waals surface area contributed by atoms with Gasteiger partial charge < -0.3 is 10.1 Å². The topological polar surface area (TPSA) is 55.4 Å². The number of anilines is 1. The van der Waals surface area contributed by atoms with Crippen molar-refractivity contribution in [1.29, 1.82) is 0 Å². The van der Waals surface area contributed by atoms with Crippen LogP contribution in [0.3, 0.4) is 0 Å². The molecule has 0 aliphatic heterocycles. The highest BCUT2D eigenvalue weighted by molar-refractivity contribution is 9.10. The highest BCUT2D eigenvalue weighted by Gasteiger charge is 2.57. The van der Waals surface area contributed by atoms with Gasteiger partial charge >= 0.3 is 5.97 Å². The smallest absolute Gasteiger partial charge is 0.306 e. The summed E-state index contributed by atoms with van der Waals surface area (Å²) in [5.41, 5.74) is 1.89. The van der Waals surface area contributed by atoms with E-state index in [0.717, 1.165) is 42.3 Å². The Morgan fingerprint density at radius 2 is 1.96 bits per heavy atom. The van der Waals surface area contributed by atoms with Gasteiger partial charge in [-0.25, -0.2) is 0 Å². The van der Waals surface area contributed by atoms with E-state index in [1.54, 1.807) is 0 Å². The third-order valence-electron chi connectivity index (χ3n) is 6.30. The zero-order valence-corrected chi connectivity index (χ0v) is 16.8. The van der Waals surface area contributed by atoms with Crippen molar-refractivity contribution in [3.05, 3.63) is 29.8 Å². The van der Waals surface area contributed by atoms with E-state index in [4.69, 9.17) is 4.74 Å². The Morgan fingerprint density at radius 3 is 2.62 bits per heavy atom. The van der Waals surface area contributed by atoms with Gasteiger partial charge in [-0.1, -0.05) is 28.1 Å². The Hall–Kier alpha value is -1.36. The molecule has 4 nitrogen and oxygen atoms in total. The van der Waals surface area contributed by atoms with E-state index in [1.165, 1.54) is 19.3 Å². The SMILES string of the molecule is Cc1cccc(NC(=O)COC(=O)CC23C[C@@H]4C[C@@H](CC(Br)(C4)C2)C3)c1. The second kappa shape index (κ2) is 6.66. The van der Waals surface area contributed by atoms with Crippen LogP contribution in [0.25, 0.3) is 0 Å². The Morgan fingerprint density at radius 1 is 1.23 bits per heavy atom. The molecule has 4 aliphatic carbocycles. The zero-order valence-electron chi connectivity index (χ0n) is 15.2. The number of halogens is 1. The average molecular weight is 420 g/mol. The number of carbonyl (C=O) groups excluding carboxylic acids is 2. The molecule has 0 aromatic heterocycles. The molecule has 26 heavy (non-hydrogen) atoms. The van der Waals surface area contributed by atoms with Crippen LogP contribution in [0.5, 0.6) is 0 Å². The van der Waals surface area contributed by atoms with Crippen molar-refractivity contribution >= 4 is 33.5 Å². The van der Waals surface area contributed by atoms with E-state index in [0.29, 0.717) is 6.42 Å². The first kappa shape index (κ1) is 18.0. The van der Waals surface area contributed by atoms with E-state index in [-0.39, 0.29) is 28.2 Å². The van der Waals surface area contributed by atoms with Gasteiger partial charge in [-0.05, 0) is 80.4 Å². The summed E-state index contributed by atoms with van der Waals surface area (Å²) in [7, 11) is 0. The number of aryl methyl sites for hydroxylation is 1. The van der Waals surface area contributed by atoms with Gasteiger partial charge in [-0.2, -0.15) is 0 Å². The summed E-state index contributed by atoms with van der Waals surface area (Å²) in [6, 6.07) is 7.58. The molecule has 2 unspecified atom stereocenters. The van der Waals surface area contributed by atoms with E-state index in [2.05, 4.69) is 21.2 Å². The van der Waals surface area contributed by atoms with Crippen LogP contribution in [-0.2, 0) is 14.3 Å². The van der Waals surface area contributed by atoms with Gasteiger partial charge in [0.05, 0.1) is 6.42 Å². The van der Waals surface area contributed by atoms with Crippen molar-refractivity contribution in [2.45, 2.75) is 56.2 Å². The molecule has 5 rings (SSSR count). The highest BCUT2D eigenvalue weighted by atomic mass is 79.9. The molecule has 4 aliphatic rings. The van der Waals surface area contributed by atoms with Crippen LogP contribution in [0.1, 0.15) is 50.5 Å². The fourth-order valence-corrected chi connectivity index (χ4v) is 7.48. The molecule has 1 N–H and O–H groups in total. The van der Waals surface area contributed by atoms with Crippen molar-refractivity contribution in [2.24, 2.45) is 17.3 Å². The Labute approximate surface area is 163 Å². The number of amides is 1. The van der Waals surface area contributed by atoms with Crippen molar-refractivity contribution in [2.75, 3.05) is 11.9 Å². The lowest BCUT2D eigenvalue weighted by molar-refractivity contribution is -0.153. The average Bonchev–Trinajstić information content (AvgIpc) is 2.50. The summed E-state index contributed by atoms with van der Waals surface area (Å²) < 4.78 is 5.55. The molecule has 4 saturated carbocycles. The van der Waals surface area contributed by atoms with Crippen LogP contribution in [0.4, 0.5) is 5.69 Å². The molecule has 140 valence electrons. The Balaban J connectivity index is 1.30. The lowest BCUT2D eigenvalue weighted by atomic mass is 9.49. The van der Waals surface area contributed by atoms with Gasteiger partial charge in [-0.15, -0.1) is 0 Å². The summed E-state index contributed by atoms with van der Waals surface area (Å²) in [6.07, 6.45) is 7.62. The van der Waals surface area contributed by atoms with Crippen molar-refractivity contribution < 1.29 is 14.3 Å². The van der Waals surface area contributed by atoms with Crippen LogP contribution >= 0.6 is 15.9 Å². The second-order valence-electron chi connectivity index (χ2n) is 8.87. The predicted molar refractivity (Wildman–Crippen MR) is 104 cm³/mol. The fourth-order valence-electron chi connectivity index (χ4n) is 5.97. The minimum atomic E-state index is -0.286. The molecule has 4 atom stereocenters. The zero-order chi connectivity index (χ0) is 18.4. The van der Waals surface area contributed by atoms with Crippen LogP contribution in [0, 0.1) is 24.2 Å². The number of ether oxygens (including phenoxy) is 1. The molecular weight excluding hydrogens is 394 g/mol. The maximum Gasteiger partial charge on any atom is 0.306 e. The first-order valence-electron chi connectivity index (χ1n) is 9.54. The number of benzene rings is 1. The van der Waals surface area contributed by atoms with Gasteiger partial charge in [-0.3, -0.25) is 9.59 Å². The van der Waals surface area contributed by atoms with Crippen LogP contribution < -0.4 is 5.32 Å². The maximum absolute atomic E-state index is 12.4. The second-order valence-corrected chi connectivity index (χ2v) is 10.5. The molecule has 4 bridgehead atoms. The summed E-state index contributed by atoms with van der Waals surface area (Å²) >= 11 is 3.97. The van der Waals surface area contributed by atoms with Gasteiger partial charge in [0.1, 0.15) is 0 Å². The first-order valence-corrected chi connectivity index (χ1v) is 10.3. The van der Waals surface area contributed by atoms with Crippen molar-refractivity contribution in [1.82, 2.24) is 0 Å². The highest BCUT2D eigenvalue weighted by Crippen LogP contribution is 2.65. The molecule has 0 spiro atoms. The lowest BCUT2D eigenvalue weighted by Gasteiger charge is -2.60. The molecule has 1 aromatic carbocycles. The number of carbonyl (C=O) groups is 2. The molecular formula is C21H26BrNO3. The van der Waals surface area contributed by atoms with Gasteiger partial charge in [0.2, 0.25) is 0 Å². The lowest BCUT2D eigenvalue weighted by Crippen LogP contribution is -2.53. The summed E-state index contributed by atoms with van der Waals surface area (Å²) in [5, 5.41) is 2.78. The van der Waals surface area contributed by atoms with Crippen LogP contribution in [-0.4, -0.2) is 22.8 Å². The minimum Gasteiger partial charge on any atom is -0.456 e. The van der Waals surface area contributed by atoms with Crippen molar-refractivity contribution in [3.63, 3.8) is 0 Å². The van der Waals surface area contributed by atoms with Gasteiger partial charge in [0, 0.05) is 10.0 Å². The standard InChI is InChI=1S/C21H26BrNO3/c1-14-3-2-4-17(5-14)23-18(24)12-26-19(25)11-20-7-15-6-16(8-20)10-21(22,9-15)13-20/h2-5,15-16H,6-13H2,1H3,(H,23,24)/t15-,16+,20?,21?. The summed E-state index contributed by atoms with van der Waals surface area (Å²) in [4.78, 5) is 24.5. The number of alkyl halides is 1. The predicted octanol–water partition coefficient (Wildman–Crippen LogP) is 4.60. The number of hydrogen-bond acceptors (Lipinski definition) is 3. The Bertz CT molecular complexity index is 718. The van der Waals surface area contributed by atoms with E-state index >= 15 is 0 Å². The third kappa shape index (κ3) is 3.83. The largest absolute Gasteiger partial charge is 0.456 e. The van der Waals surface area contributed by atoms with E-state index < -0.39 is 0 Å². The van der Waals surface area contributed by atoms with Crippen LogP contribution in [0.15, 0.2) is 24.3 Å². The summed E-state index contributed by atoms with van der Waals surface area (Å²) in [6.45, 7) is 1.76. The minimum absolute atomic E-state index is 0.0810. The monoisotopic (exact) mass is 419 g/mol. The van der Waals surface area contributed by atoms with Gasteiger partial charge in [0.25, 0.3) is 5.91 Å². The molecule has 5 heteroatoms. The number of hydrogen-bond donors (Lipinski definition) is 1. The fraction of sp³-hybridized carbons (Fsp3) is 0.619. The molecule has 0 heterocycles. The number of rotatable bonds is 5. The molecule has 4 fully saturated rings. The normalized spacial score (nSPS) is 34.5. The number of nitrogens with one attached hydrogen (secondary N) is 1. The Kier molecular flexibility index (Phi) is 4.62. The van der Waals surface area contributed by atoms with E-state index in [1.807, 2.05) is 31.2 Å². The van der Waals surface area contributed by atoms with Crippen LogP contribution in [0.2, 0.25) is 0 Å². The molecule has 1 aromatic rings. The first-order chi connectivity index (χ1) is 12.3.